The van der Waals surface area contributed by atoms with Crippen LogP contribution in [0.15, 0.2) is 30.3 Å². The molecule has 0 bridgehead atoms. The van der Waals surface area contributed by atoms with Crippen LogP contribution in [0.4, 0.5) is 0 Å². The van der Waals surface area contributed by atoms with Crippen LogP contribution in [0.5, 0.6) is 34.5 Å². The van der Waals surface area contributed by atoms with Gasteiger partial charge in [0.2, 0.25) is 12.0 Å². The summed E-state index contributed by atoms with van der Waals surface area (Å²) in [6, 6.07) is 9.01. The zero-order valence-electron chi connectivity index (χ0n) is 23.1. The van der Waals surface area contributed by atoms with Crippen molar-refractivity contribution in [1.82, 2.24) is 0 Å². The number of methoxy groups -OCH3 is 4. The number of hydrogen-bond donors (Lipinski definition) is 1. The summed E-state index contributed by atoms with van der Waals surface area (Å²) in [4.78, 5) is 0. The van der Waals surface area contributed by atoms with Crippen LogP contribution < -0.4 is 28.4 Å². The van der Waals surface area contributed by atoms with Crippen LogP contribution >= 0.6 is 0 Å². The first kappa shape index (κ1) is 27.6. The summed E-state index contributed by atoms with van der Waals surface area (Å²) < 4.78 is 53.1. The molecule has 0 saturated carbocycles. The highest BCUT2D eigenvalue weighted by atomic mass is 16.7. The normalized spacial score (nSPS) is 29.1. The highest BCUT2D eigenvalue weighted by molar-refractivity contribution is 5.54. The Kier molecular flexibility index (Phi) is 8.27. The number of hydrogen-bond acceptors (Lipinski definition) is 10. The fourth-order valence-corrected chi connectivity index (χ4v) is 5.58. The number of aliphatic hydroxyl groups is 1. The van der Waals surface area contributed by atoms with Crippen LogP contribution in [-0.2, 0) is 14.2 Å². The molecule has 10 heteroatoms. The molecule has 0 unspecified atom stereocenters. The van der Waals surface area contributed by atoms with Gasteiger partial charge in [0.05, 0.1) is 53.2 Å². The van der Waals surface area contributed by atoms with E-state index in [1.165, 1.54) is 0 Å². The van der Waals surface area contributed by atoms with Crippen molar-refractivity contribution in [1.29, 1.82) is 0 Å². The average molecular weight is 547 g/mol. The molecule has 3 aliphatic heterocycles. The summed E-state index contributed by atoms with van der Waals surface area (Å²) in [5.41, 5.74) is -0.679. The van der Waals surface area contributed by atoms with Gasteiger partial charge in [-0.1, -0.05) is 19.4 Å². The monoisotopic (exact) mass is 546 g/mol. The molecule has 0 aromatic heterocycles. The molecule has 0 radical (unpaired) electrons. The third-order valence-corrected chi connectivity index (χ3v) is 7.69. The molecule has 0 amide bonds. The summed E-state index contributed by atoms with van der Waals surface area (Å²) in [5.74, 6) is 2.65. The van der Waals surface area contributed by atoms with Crippen LogP contribution in [0.1, 0.15) is 37.9 Å². The molecule has 0 aliphatic carbocycles. The van der Waals surface area contributed by atoms with E-state index in [2.05, 4.69) is 6.92 Å². The predicted molar refractivity (Wildman–Crippen MR) is 140 cm³/mol. The molecule has 2 fully saturated rings. The molecule has 1 N–H and O–H groups in total. The van der Waals surface area contributed by atoms with E-state index < -0.39 is 23.9 Å². The Labute approximate surface area is 228 Å². The molecule has 214 valence electrons. The van der Waals surface area contributed by atoms with Gasteiger partial charge >= 0.3 is 0 Å². The molecule has 2 aromatic rings. The van der Waals surface area contributed by atoms with Gasteiger partial charge in [0, 0.05) is 18.7 Å². The molecule has 6 atom stereocenters. The lowest BCUT2D eigenvalue weighted by molar-refractivity contribution is -0.153. The fourth-order valence-electron chi connectivity index (χ4n) is 5.58. The van der Waals surface area contributed by atoms with Crippen molar-refractivity contribution in [3.05, 3.63) is 35.9 Å². The van der Waals surface area contributed by atoms with E-state index in [9.17, 15) is 5.11 Å². The van der Waals surface area contributed by atoms with Gasteiger partial charge in [0.1, 0.15) is 11.9 Å². The highest BCUT2D eigenvalue weighted by Crippen LogP contribution is 2.53. The summed E-state index contributed by atoms with van der Waals surface area (Å²) in [7, 11) is 6.34. The molecular formula is C29H38O10. The van der Waals surface area contributed by atoms with E-state index in [1.807, 2.05) is 12.1 Å². The van der Waals surface area contributed by atoms with Gasteiger partial charge in [-0.15, -0.1) is 0 Å². The van der Waals surface area contributed by atoms with Crippen molar-refractivity contribution in [2.45, 2.75) is 56.4 Å². The second-order valence-electron chi connectivity index (χ2n) is 10.1. The van der Waals surface area contributed by atoms with Crippen molar-refractivity contribution in [3.8, 4) is 34.5 Å². The van der Waals surface area contributed by atoms with Crippen LogP contribution in [-0.4, -0.2) is 77.5 Å². The minimum Gasteiger partial charge on any atom is -0.496 e. The number of fused-ring (bicyclic) bond motifs is 2. The first-order chi connectivity index (χ1) is 19.0. The SMILES string of the molecule is CCCC[C@H]1Oc2cc(OC)c([C@H]3OC[C@]4(O)[C@@H](Oc5c(OC)cccc5OC)OC[C@H]34)cc2O[C@@H]1COC. The van der Waals surface area contributed by atoms with E-state index >= 15 is 0 Å². The maximum atomic E-state index is 11.8. The number of rotatable bonds is 11. The maximum absolute atomic E-state index is 11.8. The number of benzene rings is 2. The van der Waals surface area contributed by atoms with Crippen molar-refractivity contribution in [3.63, 3.8) is 0 Å². The smallest absolute Gasteiger partial charge is 0.232 e. The summed E-state index contributed by atoms with van der Waals surface area (Å²) in [5, 5.41) is 11.8. The summed E-state index contributed by atoms with van der Waals surface area (Å²) >= 11 is 0. The van der Waals surface area contributed by atoms with Gasteiger partial charge < -0.3 is 47.7 Å². The van der Waals surface area contributed by atoms with Crippen molar-refractivity contribution in [2.75, 3.05) is 48.3 Å². The minimum atomic E-state index is -1.42. The standard InChI is InChI=1S/C29H38O10/c1-6-7-9-19-25(15-31-2)38-23-12-17(22(34-5)13-24(23)37-19)26-18-14-35-28(29(18,30)16-36-26)39-27-20(32-3)10-8-11-21(27)33-4/h8,10-13,18-19,25-26,28,30H,6-7,9,14-16H2,1-5H3/t18-,19-,25-,26-,28-,29-/m1/s1. The number of unbranched alkanes of at least 4 members (excludes halogenated alkanes) is 1. The van der Waals surface area contributed by atoms with Gasteiger partial charge in [-0.05, 0) is 31.0 Å². The summed E-state index contributed by atoms with van der Waals surface area (Å²) in [6.45, 7) is 2.78. The van der Waals surface area contributed by atoms with Crippen molar-refractivity contribution < 1.29 is 47.7 Å². The molecular weight excluding hydrogens is 508 g/mol. The van der Waals surface area contributed by atoms with Crippen molar-refractivity contribution >= 4 is 0 Å². The molecule has 5 rings (SSSR count). The van der Waals surface area contributed by atoms with Crippen LogP contribution in [0.3, 0.4) is 0 Å². The maximum Gasteiger partial charge on any atom is 0.232 e. The lowest BCUT2D eigenvalue weighted by Gasteiger charge is -2.35. The van der Waals surface area contributed by atoms with E-state index in [1.54, 1.807) is 46.6 Å². The van der Waals surface area contributed by atoms with Gasteiger partial charge in [-0.25, -0.2) is 0 Å². The Balaban J connectivity index is 1.41. The molecule has 2 saturated heterocycles. The van der Waals surface area contributed by atoms with Crippen LogP contribution in [0.2, 0.25) is 0 Å². The Hall–Kier alpha value is -2.92. The third kappa shape index (κ3) is 5.06. The second-order valence-corrected chi connectivity index (χ2v) is 10.1. The lowest BCUT2D eigenvalue weighted by Crippen LogP contribution is -2.47. The Bertz CT molecular complexity index is 1120. The number of ether oxygens (including phenoxy) is 9. The van der Waals surface area contributed by atoms with Gasteiger partial charge in [-0.2, -0.15) is 0 Å². The molecule has 3 heterocycles. The van der Waals surface area contributed by atoms with Gasteiger partial charge in [-0.3, -0.25) is 0 Å². The number of para-hydroxylation sites is 1. The first-order valence-electron chi connectivity index (χ1n) is 13.3. The predicted octanol–water partition coefficient (Wildman–Crippen LogP) is 3.91. The Morgan fingerprint density at radius 1 is 0.923 bits per heavy atom. The van der Waals surface area contributed by atoms with Crippen LogP contribution in [0.25, 0.3) is 0 Å². The molecule has 3 aliphatic rings. The van der Waals surface area contributed by atoms with E-state index in [0.29, 0.717) is 41.1 Å². The Morgan fingerprint density at radius 3 is 2.28 bits per heavy atom. The first-order valence-corrected chi connectivity index (χ1v) is 13.3. The van der Waals surface area contributed by atoms with E-state index in [0.717, 1.165) is 24.8 Å². The van der Waals surface area contributed by atoms with E-state index in [4.69, 9.17) is 42.6 Å². The average Bonchev–Trinajstić information content (AvgIpc) is 3.45. The highest BCUT2D eigenvalue weighted by Gasteiger charge is 2.61. The fraction of sp³-hybridized carbons (Fsp3) is 0.586. The Morgan fingerprint density at radius 2 is 1.62 bits per heavy atom. The summed E-state index contributed by atoms with van der Waals surface area (Å²) in [6.07, 6.45) is 1.09. The zero-order chi connectivity index (χ0) is 27.6. The van der Waals surface area contributed by atoms with Gasteiger partial charge in [0.25, 0.3) is 0 Å². The minimum absolute atomic E-state index is 0.00739. The quantitative estimate of drug-likeness (QED) is 0.446. The zero-order valence-corrected chi connectivity index (χ0v) is 23.1. The lowest BCUT2D eigenvalue weighted by atomic mass is 9.85. The third-order valence-electron chi connectivity index (χ3n) is 7.69. The molecule has 39 heavy (non-hydrogen) atoms. The van der Waals surface area contributed by atoms with Crippen molar-refractivity contribution in [2.24, 2.45) is 5.92 Å². The topological polar surface area (TPSA) is 103 Å². The molecule has 0 spiro atoms. The van der Waals surface area contributed by atoms with Crippen LogP contribution in [0, 0.1) is 5.92 Å². The second kappa shape index (κ2) is 11.7. The molecule has 10 nitrogen and oxygen atoms in total. The largest absolute Gasteiger partial charge is 0.496 e. The van der Waals surface area contributed by atoms with Gasteiger partial charge in [0.15, 0.2) is 34.7 Å². The van der Waals surface area contributed by atoms with E-state index in [-0.39, 0.29) is 25.4 Å². The molecule has 2 aromatic carbocycles.